The van der Waals surface area contributed by atoms with E-state index in [0.29, 0.717) is 17.9 Å². The number of hydrogen-bond acceptors (Lipinski definition) is 4. The minimum absolute atomic E-state index is 0.0767. The summed E-state index contributed by atoms with van der Waals surface area (Å²) < 4.78 is 45.7. The molecule has 0 heterocycles. The molecule has 0 aliphatic carbocycles. The number of hydrogen-bond donors (Lipinski definition) is 2. The number of halogens is 2. The van der Waals surface area contributed by atoms with Gasteiger partial charge in [-0.25, -0.2) is 12.8 Å². The van der Waals surface area contributed by atoms with Gasteiger partial charge in [-0.2, -0.15) is 4.72 Å². The van der Waals surface area contributed by atoms with Gasteiger partial charge in [0.25, 0.3) is 0 Å². The van der Waals surface area contributed by atoms with Crippen molar-refractivity contribution in [2.45, 2.75) is 37.8 Å². The van der Waals surface area contributed by atoms with Crippen molar-refractivity contribution in [3.8, 4) is 5.75 Å². The van der Waals surface area contributed by atoms with Crippen molar-refractivity contribution >= 4 is 27.5 Å². The van der Waals surface area contributed by atoms with E-state index in [1.165, 1.54) is 37.3 Å². The number of benzene rings is 2. The lowest BCUT2D eigenvalue weighted by Gasteiger charge is -2.19. The molecule has 1 amide bonds. The number of carbonyl (C=O) groups excluding carboxylic acids is 1. The Morgan fingerprint density at radius 1 is 1.18 bits per heavy atom. The zero-order valence-corrected chi connectivity index (χ0v) is 17.3. The Kier molecular flexibility index (Phi) is 7.40. The van der Waals surface area contributed by atoms with Gasteiger partial charge in [0.1, 0.15) is 11.6 Å². The quantitative estimate of drug-likeness (QED) is 0.674. The second-order valence-electron chi connectivity index (χ2n) is 6.15. The highest BCUT2D eigenvalue weighted by Crippen LogP contribution is 2.27. The fourth-order valence-electron chi connectivity index (χ4n) is 2.45. The molecule has 28 heavy (non-hydrogen) atoms. The van der Waals surface area contributed by atoms with Crippen molar-refractivity contribution in [1.82, 2.24) is 10.0 Å². The third kappa shape index (κ3) is 5.67. The lowest BCUT2D eigenvalue weighted by Crippen LogP contribution is -2.45. The average molecular weight is 429 g/mol. The van der Waals surface area contributed by atoms with E-state index in [0.717, 1.165) is 0 Å². The number of nitrogens with one attached hydrogen (secondary N) is 2. The third-order valence-corrected chi connectivity index (χ3v) is 5.80. The summed E-state index contributed by atoms with van der Waals surface area (Å²) in [5, 5.41) is 2.85. The van der Waals surface area contributed by atoms with E-state index in [9.17, 15) is 17.6 Å². The Labute approximate surface area is 169 Å². The van der Waals surface area contributed by atoms with E-state index in [-0.39, 0.29) is 15.7 Å². The van der Waals surface area contributed by atoms with E-state index in [1.54, 1.807) is 26.0 Å². The summed E-state index contributed by atoms with van der Waals surface area (Å²) in [7, 11) is -3.97. The van der Waals surface area contributed by atoms with E-state index in [2.05, 4.69) is 10.0 Å². The van der Waals surface area contributed by atoms with Gasteiger partial charge in [-0.15, -0.1) is 0 Å². The van der Waals surface area contributed by atoms with Crippen molar-refractivity contribution in [3.05, 3.63) is 58.9 Å². The van der Waals surface area contributed by atoms with Crippen LogP contribution in [0.1, 0.15) is 32.4 Å². The molecule has 6 nitrogen and oxygen atoms in total. The Morgan fingerprint density at radius 3 is 2.39 bits per heavy atom. The lowest BCUT2D eigenvalue weighted by molar-refractivity contribution is -0.123. The van der Waals surface area contributed by atoms with Gasteiger partial charge < -0.3 is 10.1 Å². The molecule has 2 N–H and O–H groups in total. The summed E-state index contributed by atoms with van der Waals surface area (Å²) in [6.07, 6.45) is 0. The molecule has 0 saturated heterocycles. The van der Waals surface area contributed by atoms with E-state index >= 15 is 0 Å². The minimum atomic E-state index is -3.97. The van der Waals surface area contributed by atoms with Crippen LogP contribution in [-0.2, 0) is 14.8 Å². The fourth-order valence-corrected chi connectivity index (χ4v) is 3.98. The Balaban J connectivity index is 2.05. The minimum Gasteiger partial charge on any atom is -0.492 e. The first-order valence-electron chi connectivity index (χ1n) is 8.64. The maximum atomic E-state index is 13.0. The normalized spacial score (nSPS) is 13.6. The van der Waals surface area contributed by atoms with Crippen LogP contribution >= 0.6 is 11.6 Å². The topological polar surface area (TPSA) is 84.5 Å². The molecule has 0 radical (unpaired) electrons. The van der Waals surface area contributed by atoms with Crippen LogP contribution in [0.2, 0.25) is 5.02 Å². The van der Waals surface area contributed by atoms with Gasteiger partial charge in [-0.05, 0) is 56.7 Å². The van der Waals surface area contributed by atoms with Crippen molar-refractivity contribution in [1.29, 1.82) is 0 Å². The largest absolute Gasteiger partial charge is 0.492 e. The summed E-state index contributed by atoms with van der Waals surface area (Å²) in [5.74, 6) is -0.517. The van der Waals surface area contributed by atoms with E-state index in [1.807, 2.05) is 0 Å². The molecule has 9 heteroatoms. The van der Waals surface area contributed by atoms with Crippen LogP contribution in [0.4, 0.5) is 4.39 Å². The summed E-state index contributed by atoms with van der Waals surface area (Å²) in [6, 6.07) is 8.32. The molecule has 2 atom stereocenters. The number of carbonyl (C=O) groups is 1. The van der Waals surface area contributed by atoms with Crippen molar-refractivity contribution in [2.24, 2.45) is 0 Å². The Bertz CT molecular complexity index is 935. The first kappa shape index (κ1) is 22.1. The average Bonchev–Trinajstić information content (AvgIpc) is 2.63. The predicted molar refractivity (Wildman–Crippen MR) is 105 cm³/mol. The third-order valence-electron chi connectivity index (χ3n) is 3.97. The van der Waals surface area contributed by atoms with Crippen LogP contribution < -0.4 is 14.8 Å². The lowest BCUT2D eigenvalue weighted by atomic mass is 10.1. The highest BCUT2D eigenvalue weighted by Gasteiger charge is 2.24. The molecular weight excluding hydrogens is 407 g/mol. The Hall–Kier alpha value is -2.16. The Morgan fingerprint density at radius 2 is 1.82 bits per heavy atom. The zero-order valence-electron chi connectivity index (χ0n) is 15.7. The molecule has 2 aromatic rings. The van der Waals surface area contributed by atoms with Gasteiger partial charge in [0.15, 0.2) is 0 Å². The van der Waals surface area contributed by atoms with Crippen LogP contribution in [0.3, 0.4) is 0 Å². The first-order valence-corrected chi connectivity index (χ1v) is 10.5. The van der Waals surface area contributed by atoms with Crippen LogP contribution in [-0.4, -0.2) is 27.0 Å². The van der Waals surface area contributed by atoms with Crippen LogP contribution in [0.5, 0.6) is 5.75 Å². The molecule has 0 spiro atoms. The maximum absolute atomic E-state index is 13.0. The predicted octanol–water partition coefficient (Wildman–Crippen LogP) is 3.42. The van der Waals surface area contributed by atoms with Gasteiger partial charge in [0, 0.05) is 0 Å². The molecular formula is C19H22ClFN2O4S. The second-order valence-corrected chi connectivity index (χ2v) is 8.27. The summed E-state index contributed by atoms with van der Waals surface area (Å²) in [4.78, 5) is 12.3. The number of ether oxygens (including phenoxy) is 1. The van der Waals surface area contributed by atoms with Crippen molar-refractivity contribution in [2.75, 3.05) is 6.61 Å². The molecule has 0 aliphatic heterocycles. The molecule has 0 aliphatic rings. The molecule has 0 aromatic heterocycles. The zero-order chi connectivity index (χ0) is 20.9. The highest BCUT2D eigenvalue weighted by molar-refractivity contribution is 7.89. The molecule has 2 rings (SSSR count). The molecule has 0 unspecified atom stereocenters. The van der Waals surface area contributed by atoms with Crippen LogP contribution in [0, 0.1) is 5.82 Å². The molecule has 2 aromatic carbocycles. The smallest absolute Gasteiger partial charge is 0.241 e. The standard InChI is InChI=1S/C19H22ClFN2O4S/c1-4-27-18-10-9-16(11-17(18)20)28(25,26)23-13(3)19(24)22-12(2)14-5-7-15(21)8-6-14/h5-13,23H,4H2,1-3H3,(H,22,24)/t12-,13+/m0/s1. The summed E-state index contributed by atoms with van der Waals surface area (Å²) in [6.45, 7) is 5.34. The van der Waals surface area contributed by atoms with E-state index in [4.69, 9.17) is 16.3 Å². The number of sulfonamides is 1. The molecule has 152 valence electrons. The van der Waals surface area contributed by atoms with Gasteiger partial charge in [0.2, 0.25) is 15.9 Å². The maximum Gasteiger partial charge on any atom is 0.241 e. The van der Waals surface area contributed by atoms with Gasteiger partial charge in [0.05, 0.1) is 28.6 Å². The second kappa shape index (κ2) is 9.36. The first-order chi connectivity index (χ1) is 13.1. The number of rotatable bonds is 8. The van der Waals surface area contributed by atoms with Crippen molar-refractivity contribution < 1.29 is 22.3 Å². The monoisotopic (exact) mass is 428 g/mol. The summed E-state index contributed by atoms with van der Waals surface area (Å²) in [5.41, 5.74) is 0.697. The SMILES string of the molecule is CCOc1ccc(S(=O)(=O)N[C@H](C)C(=O)N[C@@H](C)c2ccc(F)cc2)cc1Cl. The highest BCUT2D eigenvalue weighted by atomic mass is 35.5. The summed E-state index contributed by atoms with van der Waals surface area (Å²) >= 11 is 6.04. The molecule has 0 saturated carbocycles. The molecule has 0 bridgehead atoms. The van der Waals surface area contributed by atoms with Crippen molar-refractivity contribution in [3.63, 3.8) is 0 Å². The van der Waals surface area contributed by atoms with Gasteiger partial charge in [-0.1, -0.05) is 23.7 Å². The molecule has 0 fully saturated rings. The number of amides is 1. The van der Waals surface area contributed by atoms with E-state index < -0.39 is 28.0 Å². The van der Waals surface area contributed by atoms with Crippen LogP contribution in [0.25, 0.3) is 0 Å². The van der Waals surface area contributed by atoms with Gasteiger partial charge >= 0.3 is 0 Å². The fraction of sp³-hybridized carbons (Fsp3) is 0.316. The van der Waals surface area contributed by atoms with Gasteiger partial charge in [-0.3, -0.25) is 4.79 Å². The van der Waals surface area contributed by atoms with Crippen LogP contribution in [0.15, 0.2) is 47.4 Å².